The summed E-state index contributed by atoms with van der Waals surface area (Å²) < 4.78 is 16.8. The van der Waals surface area contributed by atoms with Crippen LogP contribution in [0.2, 0.25) is 0 Å². The van der Waals surface area contributed by atoms with Gasteiger partial charge in [-0.15, -0.1) is 0 Å². The molecule has 0 heterocycles. The van der Waals surface area contributed by atoms with E-state index in [2.05, 4.69) is 10.6 Å². The summed E-state index contributed by atoms with van der Waals surface area (Å²) in [6.45, 7) is 3.52. The number of carbonyl (C=O) groups is 1. The minimum Gasteiger partial charge on any atom is -0.494 e. The Balaban J connectivity index is 1.42. The average Bonchev–Trinajstić information content (AvgIpc) is 2.77. The topological polar surface area (TPSA) is 68.8 Å². The maximum absolute atomic E-state index is 12.3. The van der Waals surface area contributed by atoms with E-state index >= 15 is 0 Å². The molecule has 6 heteroatoms. The largest absolute Gasteiger partial charge is 0.494 e. The second-order valence-corrected chi connectivity index (χ2v) is 6.40. The SMILES string of the molecule is CCOc1cccc(NCC(=O)Nc2cccc(OCCOc3ccccc3)c2)c1. The predicted molar refractivity (Wildman–Crippen MR) is 119 cm³/mol. The van der Waals surface area contributed by atoms with E-state index in [1.807, 2.05) is 79.7 Å². The third-order valence-electron chi connectivity index (χ3n) is 4.08. The van der Waals surface area contributed by atoms with Gasteiger partial charge in [0.25, 0.3) is 0 Å². The fourth-order valence-corrected chi connectivity index (χ4v) is 2.75. The van der Waals surface area contributed by atoms with E-state index in [1.54, 1.807) is 6.07 Å². The van der Waals surface area contributed by atoms with Crippen molar-refractivity contribution in [1.82, 2.24) is 0 Å². The lowest BCUT2D eigenvalue weighted by Crippen LogP contribution is -2.21. The molecule has 3 rings (SSSR count). The molecular weight excluding hydrogens is 380 g/mol. The summed E-state index contributed by atoms with van der Waals surface area (Å²) in [6.07, 6.45) is 0. The molecule has 0 aliphatic rings. The number of ether oxygens (including phenoxy) is 3. The lowest BCUT2D eigenvalue weighted by molar-refractivity contribution is -0.114. The van der Waals surface area contributed by atoms with Gasteiger partial charge in [0.2, 0.25) is 5.91 Å². The van der Waals surface area contributed by atoms with Crippen LogP contribution in [0.15, 0.2) is 78.9 Å². The molecule has 0 bridgehead atoms. The number of para-hydroxylation sites is 1. The van der Waals surface area contributed by atoms with Crippen LogP contribution in [-0.4, -0.2) is 32.3 Å². The van der Waals surface area contributed by atoms with Crippen LogP contribution in [-0.2, 0) is 4.79 Å². The number of amides is 1. The smallest absolute Gasteiger partial charge is 0.243 e. The second kappa shape index (κ2) is 11.4. The average molecular weight is 406 g/mol. The molecule has 0 spiro atoms. The highest BCUT2D eigenvalue weighted by molar-refractivity contribution is 5.93. The third-order valence-corrected chi connectivity index (χ3v) is 4.08. The zero-order chi connectivity index (χ0) is 21.0. The van der Waals surface area contributed by atoms with Gasteiger partial charge in [0.1, 0.15) is 30.5 Å². The first-order chi connectivity index (χ1) is 14.7. The van der Waals surface area contributed by atoms with Crippen molar-refractivity contribution >= 4 is 17.3 Å². The number of hydrogen-bond donors (Lipinski definition) is 2. The zero-order valence-electron chi connectivity index (χ0n) is 17.0. The molecule has 3 aromatic rings. The summed E-state index contributed by atoms with van der Waals surface area (Å²) >= 11 is 0. The van der Waals surface area contributed by atoms with E-state index in [-0.39, 0.29) is 12.5 Å². The van der Waals surface area contributed by atoms with Crippen LogP contribution < -0.4 is 24.8 Å². The van der Waals surface area contributed by atoms with Crippen molar-refractivity contribution in [2.24, 2.45) is 0 Å². The summed E-state index contributed by atoms with van der Waals surface area (Å²) in [5, 5.41) is 5.96. The van der Waals surface area contributed by atoms with Gasteiger partial charge in [0.15, 0.2) is 0 Å². The monoisotopic (exact) mass is 406 g/mol. The van der Waals surface area contributed by atoms with E-state index in [9.17, 15) is 4.79 Å². The standard InChI is InChI=1S/C24H26N2O4/c1-2-28-22-12-6-8-19(16-22)25-18-24(27)26-20-9-7-13-23(17-20)30-15-14-29-21-10-4-3-5-11-21/h3-13,16-17,25H,2,14-15,18H2,1H3,(H,26,27). The highest BCUT2D eigenvalue weighted by atomic mass is 16.5. The Kier molecular flexibility index (Phi) is 7.97. The van der Waals surface area contributed by atoms with Gasteiger partial charge in [0, 0.05) is 23.5 Å². The van der Waals surface area contributed by atoms with E-state index in [0.717, 1.165) is 17.2 Å². The van der Waals surface area contributed by atoms with E-state index < -0.39 is 0 Å². The summed E-state index contributed by atoms with van der Waals surface area (Å²) in [7, 11) is 0. The van der Waals surface area contributed by atoms with Crippen LogP contribution >= 0.6 is 0 Å². The molecule has 3 aromatic carbocycles. The Labute approximate surface area is 176 Å². The molecule has 0 fully saturated rings. The summed E-state index contributed by atoms with van der Waals surface area (Å²) in [5.74, 6) is 2.09. The second-order valence-electron chi connectivity index (χ2n) is 6.40. The van der Waals surface area contributed by atoms with Gasteiger partial charge in [0.05, 0.1) is 13.2 Å². The summed E-state index contributed by atoms with van der Waals surface area (Å²) in [4.78, 5) is 12.3. The molecule has 0 aliphatic carbocycles. The Morgan fingerprint density at radius 1 is 0.733 bits per heavy atom. The zero-order valence-corrected chi connectivity index (χ0v) is 17.0. The molecule has 0 aromatic heterocycles. The van der Waals surface area contributed by atoms with Crippen molar-refractivity contribution < 1.29 is 19.0 Å². The van der Waals surface area contributed by atoms with Crippen molar-refractivity contribution in [3.63, 3.8) is 0 Å². The molecule has 0 radical (unpaired) electrons. The molecule has 30 heavy (non-hydrogen) atoms. The minimum atomic E-state index is -0.152. The summed E-state index contributed by atoms with van der Waals surface area (Å²) in [5.41, 5.74) is 1.50. The fourth-order valence-electron chi connectivity index (χ4n) is 2.75. The Bertz CT molecular complexity index is 931. The first-order valence-corrected chi connectivity index (χ1v) is 9.90. The van der Waals surface area contributed by atoms with Crippen LogP contribution in [0, 0.1) is 0 Å². The van der Waals surface area contributed by atoms with Crippen LogP contribution in [0.4, 0.5) is 11.4 Å². The third kappa shape index (κ3) is 7.05. The van der Waals surface area contributed by atoms with Crippen LogP contribution in [0.5, 0.6) is 17.2 Å². The quantitative estimate of drug-likeness (QED) is 0.456. The highest BCUT2D eigenvalue weighted by Crippen LogP contribution is 2.19. The molecule has 0 saturated heterocycles. The first kappa shape index (κ1) is 21.0. The molecule has 156 valence electrons. The van der Waals surface area contributed by atoms with E-state index in [0.29, 0.717) is 31.3 Å². The van der Waals surface area contributed by atoms with Gasteiger partial charge >= 0.3 is 0 Å². The number of nitrogens with one attached hydrogen (secondary N) is 2. The van der Waals surface area contributed by atoms with Gasteiger partial charge in [-0.05, 0) is 43.3 Å². The Morgan fingerprint density at radius 3 is 2.07 bits per heavy atom. The Hall–Kier alpha value is -3.67. The molecule has 6 nitrogen and oxygen atoms in total. The van der Waals surface area contributed by atoms with Crippen molar-refractivity contribution in [3.8, 4) is 17.2 Å². The van der Waals surface area contributed by atoms with Crippen molar-refractivity contribution in [2.45, 2.75) is 6.92 Å². The lowest BCUT2D eigenvalue weighted by atomic mass is 10.3. The fraction of sp³-hybridized carbons (Fsp3) is 0.208. The van der Waals surface area contributed by atoms with Gasteiger partial charge in [-0.2, -0.15) is 0 Å². The van der Waals surface area contributed by atoms with Gasteiger partial charge in [-0.25, -0.2) is 0 Å². The molecular formula is C24H26N2O4. The van der Waals surface area contributed by atoms with Crippen molar-refractivity contribution in [2.75, 3.05) is 37.0 Å². The van der Waals surface area contributed by atoms with Gasteiger partial charge in [-0.3, -0.25) is 4.79 Å². The molecule has 1 amide bonds. The van der Waals surface area contributed by atoms with E-state index in [4.69, 9.17) is 14.2 Å². The number of rotatable bonds is 11. The molecule has 0 atom stereocenters. The van der Waals surface area contributed by atoms with Crippen LogP contribution in [0.3, 0.4) is 0 Å². The van der Waals surface area contributed by atoms with Crippen LogP contribution in [0.1, 0.15) is 6.92 Å². The summed E-state index contributed by atoms with van der Waals surface area (Å²) in [6, 6.07) is 24.4. The van der Waals surface area contributed by atoms with Gasteiger partial charge in [-0.1, -0.05) is 30.3 Å². The molecule has 0 unspecified atom stereocenters. The maximum Gasteiger partial charge on any atom is 0.243 e. The normalized spacial score (nSPS) is 10.2. The lowest BCUT2D eigenvalue weighted by Gasteiger charge is -2.11. The van der Waals surface area contributed by atoms with Crippen molar-refractivity contribution in [1.29, 1.82) is 0 Å². The van der Waals surface area contributed by atoms with E-state index in [1.165, 1.54) is 0 Å². The number of benzene rings is 3. The van der Waals surface area contributed by atoms with Crippen LogP contribution in [0.25, 0.3) is 0 Å². The molecule has 0 saturated carbocycles. The first-order valence-electron chi connectivity index (χ1n) is 9.90. The number of carbonyl (C=O) groups excluding carboxylic acids is 1. The highest BCUT2D eigenvalue weighted by Gasteiger charge is 2.05. The molecule has 2 N–H and O–H groups in total. The maximum atomic E-state index is 12.3. The van der Waals surface area contributed by atoms with Crippen molar-refractivity contribution in [3.05, 3.63) is 78.9 Å². The molecule has 0 aliphatic heterocycles. The van der Waals surface area contributed by atoms with Gasteiger partial charge < -0.3 is 24.8 Å². The number of anilines is 2. The number of hydrogen-bond acceptors (Lipinski definition) is 5. The predicted octanol–water partition coefficient (Wildman–Crippen LogP) is 4.59. The minimum absolute atomic E-state index is 0.144. The Morgan fingerprint density at radius 2 is 1.33 bits per heavy atom.